The third-order valence-electron chi connectivity index (χ3n) is 2.83. The van der Waals surface area contributed by atoms with Crippen molar-refractivity contribution < 1.29 is 10.2 Å². The van der Waals surface area contributed by atoms with Crippen LogP contribution in [0.5, 0.6) is 0 Å². The molecule has 1 atom stereocenters. The van der Waals surface area contributed by atoms with E-state index in [0.29, 0.717) is 23.4 Å². The number of nitrogens with two attached hydrogens (primary N) is 1. The first-order valence-electron chi connectivity index (χ1n) is 5.96. The summed E-state index contributed by atoms with van der Waals surface area (Å²) in [6, 6.07) is 0. The molecule has 0 spiro atoms. The Balaban J connectivity index is 2.08. The summed E-state index contributed by atoms with van der Waals surface area (Å²) in [6.07, 6.45) is 5.27. The summed E-state index contributed by atoms with van der Waals surface area (Å²) in [5, 5.41) is 18.7. The first-order chi connectivity index (χ1) is 8.74. The van der Waals surface area contributed by atoms with Gasteiger partial charge < -0.3 is 15.9 Å². The van der Waals surface area contributed by atoms with E-state index in [-0.39, 0.29) is 6.61 Å². The van der Waals surface area contributed by atoms with Crippen molar-refractivity contribution in [2.24, 2.45) is 0 Å². The molecule has 0 aromatic carbocycles. The molecular weight excluding hydrogens is 234 g/mol. The number of nitrogens with zero attached hydrogens (tertiary/aromatic N) is 4. The molecule has 7 nitrogen and oxygen atoms in total. The van der Waals surface area contributed by atoms with Gasteiger partial charge in [0.05, 0.1) is 6.33 Å². The van der Waals surface area contributed by atoms with Crippen molar-refractivity contribution in [3.8, 4) is 0 Å². The topological polar surface area (TPSA) is 110 Å². The van der Waals surface area contributed by atoms with Gasteiger partial charge in [0.25, 0.3) is 0 Å². The van der Waals surface area contributed by atoms with Gasteiger partial charge in [-0.1, -0.05) is 6.42 Å². The molecule has 18 heavy (non-hydrogen) atoms. The minimum atomic E-state index is -0.678. The second kappa shape index (κ2) is 5.74. The summed E-state index contributed by atoms with van der Waals surface area (Å²) in [6.45, 7) is 0.188. The van der Waals surface area contributed by atoms with Gasteiger partial charge in [-0.3, -0.25) is 4.57 Å². The smallest absolute Gasteiger partial charge is 0.167 e. The Labute approximate surface area is 104 Å². The number of hydrogen-bond acceptors (Lipinski definition) is 6. The predicted octanol–water partition coefficient (Wildman–Crippen LogP) is 0.452. The van der Waals surface area contributed by atoms with E-state index >= 15 is 0 Å². The van der Waals surface area contributed by atoms with Gasteiger partial charge in [-0.05, 0) is 19.3 Å². The third kappa shape index (κ3) is 2.57. The van der Waals surface area contributed by atoms with Crippen molar-refractivity contribution in [1.82, 2.24) is 19.5 Å². The van der Waals surface area contributed by atoms with Crippen LogP contribution in [0.2, 0.25) is 0 Å². The molecule has 1 unspecified atom stereocenters. The van der Waals surface area contributed by atoms with E-state index in [9.17, 15) is 5.11 Å². The maximum Gasteiger partial charge on any atom is 0.167 e. The summed E-state index contributed by atoms with van der Waals surface area (Å²) in [7, 11) is 0. The van der Waals surface area contributed by atoms with Crippen molar-refractivity contribution in [2.45, 2.75) is 31.9 Å². The second-order valence-corrected chi connectivity index (χ2v) is 4.14. The van der Waals surface area contributed by atoms with Crippen LogP contribution in [-0.4, -0.2) is 36.3 Å². The SMILES string of the molecule is Nc1ncnc2c1ncn2C(O)CCCCCO. The number of aliphatic hydroxyl groups is 2. The highest BCUT2D eigenvalue weighted by molar-refractivity contribution is 5.81. The Kier molecular flexibility index (Phi) is 4.06. The molecule has 4 N–H and O–H groups in total. The van der Waals surface area contributed by atoms with Gasteiger partial charge in [0.1, 0.15) is 18.1 Å². The summed E-state index contributed by atoms with van der Waals surface area (Å²) in [5.41, 5.74) is 6.72. The zero-order chi connectivity index (χ0) is 13.0. The van der Waals surface area contributed by atoms with Gasteiger partial charge in [-0.15, -0.1) is 0 Å². The minimum Gasteiger partial charge on any atom is -0.396 e. The Morgan fingerprint density at radius 1 is 1.22 bits per heavy atom. The van der Waals surface area contributed by atoms with Crippen molar-refractivity contribution in [1.29, 1.82) is 0 Å². The number of imidazole rings is 1. The number of anilines is 1. The number of aromatic nitrogens is 4. The highest BCUT2D eigenvalue weighted by Crippen LogP contribution is 2.20. The molecule has 0 radical (unpaired) electrons. The summed E-state index contributed by atoms with van der Waals surface area (Å²) in [5.74, 6) is 0.311. The van der Waals surface area contributed by atoms with Crippen LogP contribution in [0.4, 0.5) is 5.82 Å². The Morgan fingerprint density at radius 2 is 2.06 bits per heavy atom. The average molecular weight is 251 g/mol. The van der Waals surface area contributed by atoms with E-state index < -0.39 is 6.23 Å². The maximum absolute atomic E-state index is 10.1. The number of rotatable bonds is 6. The summed E-state index contributed by atoms with van der Waals surface area (Å²) >= 11 is 0. The lowest BCUT2D eigenvalue weighted by molar-refractivity contribution is 0.0942. The predicted molar refractivity (Wildman–Crippen MR) is 66.5 cm³/mol. The van der Waals surface area contributed by atoms with Gasteiger partial charge in [-0.25, -0.2) is 15.0 Å². The van der Waals surface area contributed by atoms with Crippen molar-refractivity contribution >= 4 is 17.0 Å². The average Bonchev–Trinajstić information content (AvgIpc) is 2.80. The van der Waals surface area contributed by atoms with Crippen LogP contribution in [0.3, 0.4) is 0 Å². The highest BCUT2D eigenvalue weighted by atomic mass is 16.3. The third-order valence-corrected chi connectivity index (χ3v) is 2.83. The van der Waals surface area contributed by atoms with Crippen molar-refractivity contribution in [3.63, 3.8) is 0 Å². The van der Waals surface area contributed by atoms with Gasteiger partial charge in [0.2, 0.25) is 0 Å². The molecule has 2 heterocycles. The van der Waals surface area contributed by atoms with E-state index in [1.807, 2.05) is 0 Å². The van der Waals surface area contributed by atoms with Crippen LogP contribution < -0.4 is 5.73 Å². The van der Waals surface area contributed by atoms with Crippen LogP contribution in [0.15, 0.2) is 12.7 Å². The van der Waals surface area contributed by atoms with Crippen LogP contribution in [-0.2, 0) is 0 Å². The number of aliphatic hydroxyl groups excluding tert-OH is 2. The molecule has 0 aliphatic carbocycles. The van der Waals surface area contributed by atoms with Crippen molar-refractivity contribution in [3.05, 3.63) is 12.7 Å². The van der Waals surface area contributed by atoms with Gasteiger partial charge in [0, 0.05) is 6.61 Å². The number of nitrogen functional groups attached to an aromatic ring is 1. The molecule has 0 fully saturated rings. The van der Waals surface area contributed by atoms with E-state index in [4.69, 9.17) is 10.8 Å². The van der Waals surface area contributed by atoms with Gasteiger partial charge in [0.15, 0.2) is 11.5 Å². The number of unbranched alkanes of at least 4 members (excludes halogenated alkanes) is 2. The molecule has 0 amide bonds. The molecule has 0 saturated carbocycles. The molecule has 0 bridgehead atoms. The van der Waals surface area contributed by atoms with Gasteiger partial charge >= 0.3 is 0 Å². The molecule has 0 aliphatic heterocycles. The molecule has 2 aromatic rings. The molecule has 2 aromatic heterocycles. The lowest BCUT2D eigenvalue weighted by Crippen LogP contribution is -2.08. The first kappa shape index (κ1) is 12.7. The van der Waals surface area contributed by atoms with Gasteiger partial charge in [-0.2, -0.15) is 0 Å². The molecule has 0 aliphatic rings. The normalized spacial score (nSPS) is 13.0. The van der Waals surface area contributed by atoms with E-state index in [2.05, 4.69) is 15.0 Å². The van der Waals surface area contributed by atoms with Crippen LogP contribution >= 0.6 is 0 Å². The lowest BCUT2D eigenvalue weighted by atomic mass is 10.2. The second-order valence-electron chi connectivity index (χ2n) is 4.14. The van der Waals surface area contributed by atoms with Crippen LogP contribution in [0.1, 0.15) is 31.9 Å². The quantitative estimate of drug-likeness (QED) is 0.643. The van der Waals surface area contributed by atoms with Crippen molar-refractivity contribution in [2.75, 3.05) is 12.3 Å². The minimum absolute atomic E-state index is 0.188. The van der Waals surface area contributed by atoms with E-state index in [0.717, 1.165) is 19.3 Å². The Hall–Kier alpha value is -1.73. The van der Waals surface area contributed by atoms with Crippen LogP contribution in [0.25, 0.3) is 11.2 Å². The molecular formula is C11H17N5O2. The van der Waals surface area contributed by atoms with Crippen LogP contribution in [0, 0.1) is 0 Å². The van der Waals surface area contributed by atoms with E-state index in [1.165, 1.54) is 12.7 Å². The largest absolute Gasteiger partial charge is 0.396 e. The zero-order valence-corrected chi connectivity index (χ0v) is 10.0. The maximum atomic E-state index is 10.1. The highest BCUT2D eigenvalue weighted by Gasteiger charge is 2.13. The molecule has 7 heteroatoms. The Bertz CT molecular complexity index is 513. The fourth-order valence-corrected chi connectivity index (χ4v) is 1.84. The lowest BCUT2D eigenvalue weighted by Gasteiger charge is -2.12. The summed E-state index contributed by atoms with van der Waals surface area (Å²) in [4.78, 5) is 12.0. The molecule has 2 rings (SSSR count). The fraction of sp³-hybridized carbons (Fsp3) is 0.545. The standard InChI is InChI=1S/C11H17N5O2/c12-10-9-11(14-6-13-10)16(7-15-9)8(18)4-2-1-3-5-17/h6-8,17-18H,1-5H2,(H2,12,13,14). The Morgan fingerprint density at radius 3 is 2.83 bits per heavy atom. The summed E-state index contributed by atoms with van der Waals surface area (Å²) < 4.78 is 1.59. The molecule has 98 valence electrons. The molecule has 0 saturated heterocycles. The number of fused-ring (bicyclic) bond motifs is 1. The first-order valence-corrected chi connectivity index (χ1v) is 5.96. The van der Waals surface area contributed by atoms with E-state index in [1.54, 1.807) is 4.57 Å². The zero-order valence-electron chi connectivity index (χ0n) is 10.0. The fourth-order valence-electron chi connectivity index (χ4n) is 1.84. The number of hydrogen-bond donors (Lipinski definition) is 3. The monoisotopic (exact) mass is 251 g/mol.